The highest BCUT2D eigenvalue weighted by atomic mass is 16.1. The van der Waals surface area contributed by atoms with Crippen molar-refractivity contribution in [2.45, 2.75) is 19.0 Å². The van der Waals surface area contributed by atoms with Gasteiger partial charge in [-0.25, -0.2) is 4.98 Å². The van der Waals surface area contributed by atoms with Gasteiger partial charge in [0.1, 0.15) is 5.69 Å². The maximum Gasteiger partial charge on any atom is 0.276 e. The Morgan fingerprint density at radius 2 is 2.10 bits per heavy atom. The van der Waals surface area contributed by atoms with Crippen molar-refractivity contribution >= 4 is 11.5 Å². The summed E-state index contributed by atoms with van der Waals surface area (Å²) in [6.45, 7) is 1.15. The van der Waals surface area contributed by atoms with E-state index in [1.54, 1.807) is 0 Å². The number of benzene rings is 1. The summed E-state index contributed by atoms with van der Waals surface area (Å²) in [5.74, 6) is 0.513. The van der Waals surface area contributed by atoms with Crippen molar-refractivity contribution < 1.29 is 0 Å². The van der Waals surface area contributed by atoms with Crippen LogP contribution in [0.15, 0.2) is 35.4 Å². The van der Waals surface area contributed by atoms with Crippen LogP contribution in [0.2, 0.25) is 0 Å². The normalized spacial score (nSPS) is 17.9. The van der Waals surface area contributed by atoms with Crippen molar-refractivity contribution in [2.75, 3.05) is 17.2 Å². The minimum atomic E-state index is -0.315. The molecule has 0 aliphatic carbocycles. The number of aromatic nitrogens is 2. The fourth-order valence-corrected chi connectivity index (χ4v) is 2.68. The van der Waals surface area contributed by atoms with Crippen molar-refractivity contribution in [2.24, 2.45) is 5.73 Å². The predicted octanol–water partition coefficient (Wildman–Crippen LogP) is 0.242. The van der Waals surface area contributed by atoms with Crippen molar-refractivity contribution in [3.63, 3.8) is 0 Å². The molecule has 3 rings (SSSR count). The molecule has 1 aromatic heterocycles. The van der Waals surface area contributed by atoms with Crippen LogP contribution in [0.5, 0.6) is 0 Å². The van der Waals surface area contributed by atoms with Crippen LogP contribution < -0.4 is 21.9 Å². The van der Waals surface area contributed by atoms with Crippen LogP contribution in [0, 0.1) is 0 Å². The second-order valence-corrected chi connectivity index (χ2v) is 4.96. The third-order valence-corrected chi connectivity index (χ3v) is 3.77. The minimum Gasteiger partial charge on any atom is -0.391 e. The largest absolute Gasteiger partial charge is 0.391 e. The standard InChI is InChI=1S/C14H17N5O/c15-6-11-5-9-3-1-2-4-10(9)7-19(11)13-12(16)14(20)18-8-17-13/h1-4,8,11H,5-7,15-16H2,(H,17,18,20). The zero-order valence-corrected chi connectivity index (χ0v) is 11.0. The molecule has 20 heavy (non-hydrogen) atoms. The average Bonchev–Trinajstić information content (AvgIpc) is 2.48. The lowest BCUT2D eigenvalue weighted by Crippen LogP contribution is -2.46. The van der Waals surface area contributed by atoms with Crippen molar-refractivity contribution in [1.82, 2.24) is 9.97 Å². The number of hydrogen-bond acceptors (Lipinski definition) is 5. The molecule has 0 amide bonds. The van der Waals surface area contributed by atoms with Gasteiger partial charge >= 0.3 is 0 Å². The molecule has 2 aromatic rings. The van der Waals surface area contributed by atoms with E-state index in [2.05, 4.69) is 22.1 Å². The Bertz CT molecular complexity index is 681. The van der Waals surface area contributed by atoms with Crippen LogP contribution in [-0.2, 0) is 13.0 Å². The molecule has 104 valence electrons. The predicted molar refractivity (Wildman–Crippen MR) is 78.4 cm³/mol. The van der Waals surface area contributed by atoms with E-state index in [9.17, 15) is 4.79 Å². The molecular weight excluding hydrogens is 254 g/mol. The fourth-order valence-electron chi connectivity index (χ4n) is 2.68. The third kappa shape index (κ3) is 2.04. The number of nitrogen functional groups attached to an aromatic ring is 1. The minimum absolute atomic E-state index is 0.0986. The molecule has 0 saturated carbocycles. The first-order valence-corrected chi connectivity index (χ1v) is 6.57. The first-order chi connectivity index (χ1) is 9.70. The Morgan fingerprint density at radius 3 is 2.85 bits per heavy atom. The molecule has 5 N–H and O–H groups in total. The summed E-state index contributed by atoms with van der Waals surface area (Å²) < 4.78 is 0. The van der Waals surface area contributed by atoms with E-state index in [0.717, 1.165) is 6.42 Å². The average molecular weight is 271 g/mol. The van der Waals surface area contributed by atoms with Crippen molar-refractivity contribution in [1.29, 1.82) is 0 Å². The highest BCUT2D eigenvalue weighted by molar-refractivity contribution is 5.62. The molecule has 1 aromatic carbocycles. The van der Waals surface area contributed by atoms with Gasteiger partial charge in [-0.05, 0) is 17.5 Å². The number of hydrogen-bond donors (Lipinski definition) is 3. The number of anilines is 2. The molecule has 0 saturated heterocycles. The fraction of sp³-hybridized carbons (Fsp3) is 0.286. The summed E-state index contributed by atoms with van der Waals surface area (Å²) in [4.78, 5) is 20.4. The van der Waals surface area contributed by atoms with Crippen LogP contribution in [-0.4, -0.2) is 22.6 Å². The topological polar surface area (TPSA) is 101 Å². The van der Waals surface area contributed by atoms with Crippen LogP contribution in [0.1, 0.15) is 11.1 Å². The van der Waals surface area contributed by atoms with Gasteiger partial charge < -0.3 is 21.4 Å². The van der Waals surface area contributed by atoms with E-state index < -0.39 is 0 Å². The Labute approximate surface area is 116 Å². The lowest BCUT2D eigenvalue weighted by molar-refractivity contribution is 0.556. The Morgan fingerprint density at radius 1 is 1.35 bits per heavy atom. The number of nitrogens with zero attached hydrogens (tertiary/aromatic N) is 2. The van der Waals surface area contributed by atoms with Crippen LogP contribution in [0.25, 0.3) is 0 Å². The lowest BCUT2D eigenvalue weighted by Gasteiger charge is -2.37. The van der Waals surface area contributed by atoms with Gasteiger partial charge in [0.05, 0.1) is 6.33 Å². The maximum absolute atomic E-state index is 11.6. The Balaban J connectivity index is 2.05. The molecular formula is C14H17N5O. The van der Waals surface area contributed by atoms with Gasteiger partial charge in [0.25, 0.3) is 5.56 Å². The monoisotopic (exact) mass is 271 g/mol. The molecule has 6 heteroatoms. The molecule has 0 radical (unpaired) electrons. The van der Waals surface area contributed by atoms with Gasteiger partial charge in [0, 0.05) is 19.1 Å². The van der Waals surface area contributed by atoms with Gasteiger partial charge in [-0.2, -0.15) is 0 Å². The number of aromatic amines is 1. The summed E-state index contributed by atoms with van der Waals surface area (Å²) in [7, 11) is 0. The summed E-state index contributed by atoms with van der Waals surface area (Å²) in [6.07, 6.45) is 2.21. The molecule has 1 aliphatic heterocycles. The van der Waals surface area contributed by atoms with E-state index in [0.29, 0.717) is 18.9 Å². The first kappa shape index (κ1) is 12.7. The number of nitrogens with one attached hydrogen (secondary N) is 1. The maximum atomic E-state index is 11.6. The molecule has 2 heterocycles. The van der Waals surface area contributed by atoms with Gasteiger partial charge in [0.15, 0.2) is 5.82 Å². The van der Waals surface area contributed by atoms with Gasteiger partial charge in [-0.3, -0.25) is 4.79 Å². The quantitative estimate of drug-likeness (QED) is 0.726. The first-order valence-electron chi connectivity index (χ1n) is 6.57. The molecule has 0 fully saturated rings. The van der Waals surface area contributed by atoms with Crippen LogP contribution in [0.4, 0.5) is 11.5 Å². The van der Waals surface area contributed by atoms with Crippen molar-refractivity contribution in [3.05, 3.63) is 52.1 Å². The number of rotatable bonds is 2. The smallest absolute Gasteiger partial charge is 0.276 e. The second-order valence-electron chi connectivity index (χ2n) is 4.96. The van der Waals surface area contributed by atoms with E-state index in [1.165, 1.54) is 17.5 Å². The molecule has 1 aliphatic rings. The third-order valence-electron chi connectivity index (χ3n) is 3.77. The van der Waals surface area contributed by atoms with Crippen LogP contribution >= 0.6 is 0 Å². The molecule has 1 unspecified atom stereocenters. The van der Waals surface area contributed by atoms with Crippen LogP contribution in [0.3, 0.4) is 0 Å². The van der Waals surface area contributed by atoms with Crippen molar-refractivity contribution in [3.8, 4) is 0 Å². The number of H-pyrrole nitrogens is 1. The van der Waals surface area contributed by atoms with E-state index in [1.807, 2.05) is 17.0 Å². The summed E-state index contributed by atoms with van der Waals surface area (Å²) in [6, 6.07) is 8.33. The van der Waals surface area contributed by atoms with E-state index in [-0.39, 0.29) is 17.3 Å². The molecule has 6 nitrogen and oxygen atoms in total. The zero-order chi connectivity index (χ0) is 14.1. The van der Waals surface area contributed by atoms with Gasteiger partial charge in [-0.15, -0.1) is 0 Å². The highest BCUT2D eigenvalue weighted by Gasteiger charge is 2.27. The SMILES string of the molecule is NCC1Cc2ccccc2CN1c1nc[nH]c(=O)c1N. The Hall–Kier alpha value is -2.34. The van der Waals surface area contributed by atoms with E-state index in [4.69, 9.17) is 11.5 Å². The summed E-state index contributed by atoms with van der Waals surface area (Å²) in [5.41, 5.74) is 14.1. The Kier molecular flexibility index (Phi) is 3.15. The lowest BCUT2D eigenvalue weighted by atomic mass is 9.94. The van der Waals surface area contributed by atoms with Gasteiger partial charge in [-0.1, -0.05) is 24.3 Å². The summed E-state index contributed by atoms with van der Waals surface area (Å²) in [5, 5.41) is 0. The molecule has 0 bridgehead atoms. The summed E-state index contributed by atoms with van der Waals surface area (Å²) >= 11 is 0. The second kappa shape index (κ2) is 4.97. The molecule has 0 spiro atoms. The zero-order valence-electron chi connectivity index (χ0n) is 11.0. The van der Waals surface area contributed by atoms with E-state index >= 15 is 0 Å². The number of fused-ring (bicyclic) bond motifs is 1. The number of nitrogens with two attached hydrogens (primary N) is 2. The van der Waals surface area contributed by atoms with Gasteiger partial charge in [0.2, 0.25) is 0 Å². The molecule has 1 atom stereocenters. The highest BCUT2D eigenvalue weighted by Crippen LogP contribution is 2.28.